The van der Waals surface area contributed by atoms with Crippen LogP contribution >= 0.6 is 12.4 Å². The average molecular weight is 313 g/mol. The van der Waals surface area contributed by atoms with Gasteiger partial charge in [-0.2, -0.15) is 0 Å². The highest BCUT2D eigenvalue weighted by molar-refractivity contribution is 5.94. The molecule has 0 aliphatic carbocycles. The van der Waals surface area contributed by atoms with Crippen molar-refractivity contribution in [2.45, 2.75) is 45.3 Å². The van der Waals surface area contributed by atoms with Crippen molar-refractivity contribution in [3.63, 3.8) is 0 Å². The van der Waals surface area contributed by atoms with E-state index in [0.29, 0.717) is 11.6 Å². The molecule has 1 atom stereocenters. The van der Waals surface area contributed by atoms with Crippen molar-refractivity contribution >= 4 is 18.3 Å². The lowest BCUT2D eigenvalue weighted by Crippen LogP contribution is -2.42. The number of amides is 1. The maximum atomic E-state index is 12.1. The highest BCUT2D eigenvalue weighted by Crippen LogP contribution is 2.15. The summed E-state index contributed by atoms with van der Waals surface area (Å²) in [6, 6.07) is 7.68. The van der Waals surface area contributed by atoms with Gasteiger partial charge in [-0.15, -0.1) is 12.4 Å². The van der Waals surface area contributed by atoms with Crippen molar-refractivity contribution in [1.29, 1.82) is 0 Å². The molecular weight excluding hydrogens is 288 g/mol. The fourth-order valence-electron chi connectivity index (χ4n) is 2.24. The van der Waals surface area contributed by atoms with Crippen LogP contribution in [-0.2, 0) is 0 Å². The number of piperidine rings is 1. The van der Waals surface area contributed by atoms with Crippen LogP contribution in [0.1, 0.15) is 43.5 Å². The van der Waals surface area contributed by atoms with Crippen LogP contribution in [0.2, 0.25) is 0 Å². The van der Waals surface area contributed by atoms with Gasteiger partial charge in [-0.05, 0) is 63.5 Å². The Labute approximate surface area is 133 Å². The van der Waals surface area contributed by atoms with Crippen molar-refractivity contribution in [2.24, 2.45) is 0 Å². The molecule has 0 aromatic heterocycles. The molecule has 0 saturated carbocycles. The number of hydrogen-bond donors (Lipinski definition) is 2. The van der Waals surface area contributed by atoms with E-state index in [2.05, 4.69) is 17.6 Å². The van der Waals surface area contributed by atoms with Gasteiger partial charge in [0.05, 0.1) is 6.10 Å². The molecule has 1 saturated heterocycles. The number of halogens is 1. The van der Waals surface area contributed by atoms with Gasteiger partial charge in [-0.1, -0.05) is 6.92 Å². The molecule has 118 valence electrons. The summed E-state index contributed by atoms with van der Waals surface area (Å²) in [5.74, 6) is 0.824. The van der Waals surface area contributed by atoms with E-state index in [-0.39, 0.29) is 24.4 Å². The van der Waals surface area contributed by atoms with E-state index in [1.54, 1.807) is 0 Å². The van der Waals surface area contributed by atoms with Gasteiger partial charge in [0.1, 0.15) is 5.75 Å². The third-order valence-corrected chi connectivity index (χ3v) is 3.70. The molecule has 1 amide bonds. The maximum absolute atomic E-state index is 12.1. The van der Waals surface area contributed by atoms with E-state index in [1.165, 1.54) is 0 Å². The van der Waals surface area contributed by atoms with Crippen LogP contribution in [0.3, 0.4) is 0 Å². The van der Waals surface area contributed by atoms with Crippen LogP contribution in [-0.4, -0.2) is 31.1 Å². The van der Waals surface area contributed by atoms with Gasteiger partial charge in [0.2, 0.25) is 0 Å². The fraction of sp³-hybridized carbons (Fsp3) is 0.562. The highest BCUT2D eigenvalue weighted by Gasteiger charge is 2.16. The second-order valence-electron chi connectivity index (χ2n) is 5.36. The standard InChI is InChI=1S/C16H24N2O2.ClH/c1-3-12(2)20-15-6-4-13(5-7-15)16(19)18-14-8-10-17-11-9-14;/h4-7,12,14,17H,3,8-11H2,1-2H3,(H,18,19);1H. The Morgan fingerprint density at radius 3 is 2.52 bits per heavy atom. The smallest absolute Gasteiger partial charge is 0.251 e. The first-order chi connectivity index (χ1) is 9.69. The third kappa shape index (κ3) is 5.56. The first-order valence-electron chi connectivity index (χ1n) is 7.47. The molecule has 0 bridgehead atoms. The van der Waals surface area contributed by atoms with Crippen molar-refractivity contribution in [1.82, 2.24) is 10.6 Å². The number of benzene rings is 1. The number of hydrogen-bond acceptors (Lipinski definition) is 3. The number of ether oxygens (including phenoxy) is 1. The zero-order valence-corrected chi connectivity index (χ0v) is 13.5. The summed E-state index contributed by atoms with van der Waals surface area (Å²) < 4.78 is 5.71. The Morgan fingerprint density at radius 2 is 1.95 bits per heavy atom. The molecule has 1 aromatic rings. The Morgan fingerprint density at radius 1 is 1.33 bits per heavy atom. The minimum Gasteiger partial charge on any atom is -0.491 e. The van der Waals surface area contributed by atoms with E-state index in [0.717, 1.165) is 38.1 Å². The third-order valence-electron chi connectivity index (χ3n) is 3.70. The second-order valence-corrected chi connectivity index (χ2v) is 5.36. The molecule has 2 rings (SSSR count). The summed E-state index contributed by atoms with van der Waals surface area (Å²) in [6.07, 6.45) is 3.17. The Kier molecular flexibility index (Phi) is 7.54. The molecule has 0 radical (unpaired) electrons. The van der Waals surface area contributed by atoms with Crippen molar-refractivity contribution in [3.8, 4) is 5.75 Å². The summed E-state index contributed by atoms with van der Waals surface area (Å²) >= 11 is 0. The SMILES string of the molecule is CCC(C)Oc1ccc(C(=O)NC2CCNCC2)cc1.Cl. The molecule has 0 spiro atoms. The van der Waals surface area contributed by atoms with Crippen LogP contribution < -0.4 is 15.4 Å². The van der Waals surface area contributed by atoms with E-state index >= 15 is 0 Å². The van der Waals surface area contributed by atoms with Crippen molar-refractivity contribution in [3.05, 3.63) is 29.8 Å². The highest BCUT2D eigenvalue weighted by atomic mass is 35.5. The van der Waals surface area contributed by atoms with Gasteiger partial charge in [0.25, 0.3) is 5.91 Å². The molecule has 1 heterocycles. The summed E-state index contributed by atoms with van der Waals surface area (Å²) in [6.45, 7) is 6.09. The summed E-state index contributed by atoms with van der Waals surface area (Å²) in [4.78, 5) is 12.1. The first-order valence-corrected chi connectivity index (χ1v) is 7.47. The van der Waals surface area contributed by atoms with Crippen molar-refractivity contribution < 1.29 is 9.53 Å². The zero-order valence-electron chi connectivity index (χ0n) is 12.7. The first kappa shape index (κ1) is 17.8. The molecule has 1 fully saturated rings. The van der Waals surface area contributed by atoms with E-state index in [4.69, 9.17) is 4.74 Å². The lowest BCUT2D eigenvalue weighted by atomic mass is 10.1. The van der Waals surface area contributed by atoms with Gasteiger partial charge in [-0.25, -0.2) is 0 Å². The quantitative estimate of drug-likeness (QED) is 0.879. The number of nitrogens with one attached hydrogen (secondary N) is 2. The minimum absolute atomic E-state index is 0. The molecule has 5 heteroatoms. The summed E-state index contributed by atoms with van der Waals surface area (Å²) in [5.41, 5.74) is 0.694. The van der Waals surface area contributed by atoms with E-state index < -0.39 is 0 Å². The molecule has 1 aromatic carbocycles. The second kappa shape index (κ2) is 8.90. The van der Waals surface area contributed by atoms with Crippen molar-refractivity contribution in [2.75, 3.05) is 13.1 Å². The van der Waals surface area contributed by atoms with Gasteiger partial charge < -0.3 is 15.4 Å². The largest absolute Gasteiger partial charge is 0.491 e. The van der Waals surface area contributed by atoms with Gasteiger partial charge in [0.15, 0.2) is 0 Å². The minimum atomic E-state index is 0. The molecule has 4 nitrogen and oxygen atoms in total. The molecule has 1 unspecified atom stereocenters. The lowest BCUT2D eigenvalue weighted by molar-refractivity contribution is 0.0929. The Balaban J connectivity index is 0.00000220. The topological polar surface area (TPSA) is 50.4 Å². The van der Waals surface area contributed by atoms with E-state index in [1.807, 2.05) is 31.2 Å². The average Bonchev–Trinajstić information content (AvgIpc) is 2.49. The fourth-order valence-corrected chi connectivity index (χ4v) is 2.24. The van der Waals surface area contributed by atoms with Crippen LogP contribution in [0.15, 0.2) is 24.3 Å². The summed E-state index contributed by atoms with van der Waals surface area (Å²) in [5, 5.41) is 6.38. The Hall–Kier alpha value is -1.26. The molecule has 1 aliphatic rings. The van der Waals surface area contributed by atoms with Crippen LogP contribution in [0.25, 0.3) is 0 Å². The van der Waals surface area contributed by atoms with E-state index in [9.17, 15) is 4.79 Å². The number of rotatable bonds is 5. The molecule has 2 N–H and O–H groups in total. The maximum Gasteiger partial charge on any atom is 0.251 e. The number of carbonyl (C=O) groups is 1. The normalized spacial score (nSPS) is 16.7. The monoisotopic (exact) mass is 312 g/mol. The predicted octanol–water partition coefficient (Wildman–Crippen LogP) is 2.77. The molecule has 21 heavy (non-hydrogen) atoms. The Bertz CT molecular complexity index is 430. The predicted molar refractivity (Wildman–Crippen MR) is 87.4 cm³/mol. The van der Waals surface area contributed by atoms with Crippen LogP contribution in [0, 0.1) is 0 Å². The molecule has 1 aliphatic heterocycles. The summed E-state index contributed by atoms with van der Waals surface area (Å²) in [7, 11) is 0. The number of carbonyl (C=O) groups excluding carboxylic acids is 1. The molecular formula is C16H25ClN2O2. The van der Waals surface area contributed by atoms with Gasteiger partial charge >= 0.3 is 0 Å². The van der Waals surface area contributed by atoms with Gasteiger partial charge in [-0.3, -0.25) is 4.79 Å². The zero-order chi connectivity index (χ0) is 14.4. The lowest BCUT2D eigenvalue weighted by Gasteiger charge is -2.23. The van der Waals surface area contributed by atoms with Crippen LogP contribution in [0.5, 0.6) is 5.75 Å². The van der Waals surface area contributed by atoms with Gasteiger partial charge in [0, 0.05) is 11.6 Å². The van der Waals surface area contributed by atoms with Crippen LogP contribution in [0.4, 0.5) is 0 Å².